The first kappa shape index (κ1) is 13.8. The summed E-state index contributed by atoms with van der Waals surface area (Å²) in [4.78, 5) is 0. The Morgan fingerprint density at radius 2 is 2.22 bits per heavy atom. The third kappa shape index (κ3) is 3.67. The van der Waals surface area contributed by atoms with Crippen LogP contribution in [0.2, 0.25) is 5.02 Å². The third-order valence-electron chi connectivity index (χ3n) is 3.54. The Morgan fingerprint density at radius 1 is 1.39 bits per heavy atom. The van der Waals surface area contributed by atoms with Crippen LogP contribution in [0.3, 0.4) is 0 Å². The Bertz CT molecular complexity index is 399. The number of aliphatic hydroxyl groups excluding tert-OH is 1. The molecule has 2 N–H and O–H groups in total. The monoisotopic (exact) mass is 271 g/mol. The molecule has 1 saturated carbocycles. The zero-order valence-corrected chi connectivity index (χ0v) is 11.1. The van der Waals surface area contributed by atoms with Gasteiger partial charge in [0.1, 0.15) is 5.82 Å². The van der Waals surface area contributed by atoms with Crippen LogP contribution in [0.1, 0.15) is 31.2 Å². The summed E-state index contributed by atoms with van der Waals surface area (Å²) in [5.74, 6) is 0.144. The molecule has 2 unspecified atom stereocenters. The van der Waals surface area contributed by atoms with Crippen LogP contribution in [0.15, 0.2) is 18.2 Å². The van der Waals surface area contributed by atoms with E-state index in [4.69, 9.17) is 11.6 Å². The molecule has 0 aromatic heterocycles. The van der Waals surface area contributed by atoms with Gasteiger partial charge in [0.05, 0.1) is 11.1 Å². The number of benzene rings is 1. The van der Waals surface area contributed by atoms with Crippen LogP contribution < -0.4 is 5.32 Å². The Balaban J connectivity index is 1.79. The minimum absolute atomic E-state index is 0.150. The van der Waals surface area contributed by atoms with Crippen LogP contribution in [-0.2, 0) is 6.54 Å². The smallest absolute Gasteiger partial charge is 0.142 e. The maximum absolute atomic E-state index is 13.2. The zero-order valence-electron chi connectivity index (χ0n) is 10.3. The lowest BCUT2D eigenvalue weighted by Gasteiger charge is -2.26. The Labute approximate surface area is 112 Å². The van der Waals surface area contributed by atoms with Gasteiger partial charge >= 0.3 is 0 Å². The molecule has 100 valence electrons. The van der Waals surface area contributed by atoms with E-state index in [-0.39, 0.29) is 16.9 Å². The average molecular weight is 272 g/mol. The van der Waals surface area contributed by atoms with Crippen LogP contribution in [0, 0.1) is 11.7 Å². The van der Waals surface area contributed by atoms with Gasteiger partial charge in [-0.1, -0.05) is 30.2 Å². The molecule has 1 aliphatic rings. The topological polar surface area (TPSA) is 32.3 Å². The standard InChI is InChI=1S/C14H19ClFNO/c15-14-11(4-2-6-13(14)16)9-17-8-10-3-1-5-12(18)7-10/h2,4,6,10,12,17-18H,1,3,5,7-9H2. The van der Waals surface area contributed by atoms with Crippen molar-refractivity contribution in [1.82, 2.24) is 5.32 Å². The first-order chi connectivity index (χ1) is 8.66. The lowest BCUT2D eigenvalue weighted by molar-refractivity contribution is 0.101. The summed E-state index contributed by atoms with van der Waals surface area (Å²) in [5, 5.41) is 13.1. The Morgan fingerprint density at radius 3 is 3.00 bits per heavy atom. The molecule has 0 spiro atoms. The van der Waals surface area contributed by atoms with E-state index in [1.807, 2.05) is 6.07 Å². The van der Waals surface area contributed by atoms with Crippen LogP contribution in [0.5, 0.6) is 0 Å². The highest BCUT2D eigenvalue weighted by Gasteiger charge is 2.19. The number of hydrogen-bond donors (Lipinski definition) is 2. The molecule has 0 radical (unpaired) electrons. The summed E-state index contributed by atoms with van der Waals surface area (Å²) in [6.45, 7) is 1.42. The largest absolute Gasteiger partial charge is 0.393 e. The molecule has 4 heteroatoms. The quantitative estimate of drug-likeness (QED) is 0.882. The number of halogens is 2. The van der Waals surface area contributed by atoms with Gasteiger partial charge in [0, 0.05) is 6.54 Å². The molecule has 1 aliphatic carbocycles. The molecule has 2 atom stereocenters. The van der Waals surface area contributed by atoms with Gasteiger partial charge in [0.15, 0.2) is 0 Å². The number of nitrogens with one attached hydrogen (secondary N) is 1. The average Bonchev–Trinajstić information content (AvgIpc) is 2.35. The van der Waals surface area contributed by atoms with Gasteiger partial charge in [-0.05, 0) is 43.4 Å². The van der Waals surface area contributed by atoms with Crippen molar-refractivity contribution >= 4 is 11.6 Å². The first-order valence-electron chi connectivity index (χ1n) is 6.48. The van der Waals surface area contributed by atoms with Gasteiger partial charge in [-0.3, -0.25) is 0 Å². The number of aliphatic hydroxyl groups is 1. The number of rotatable bonds is 4. The molecular weight excluding hydrogens is 253 g/mol. The van der Waals surface area contributed by atoms with Crippen molar-refractivity contribution < 1.29 is 9.50 Å². The number of hydrogen-bond acceptors (Lipinski definition) is 2. The van der Waals surface area contributed by atoms with Crippen LogP contribution >= 0.6 is 11.6 Å². The minimum Gasteiger partial charge on any atom is -0.393 e. The van der Waals surface area contributed by atoms with E-state index in [2.05, 4.69) is 5.32 Å². The van der Waals surface area contributed by atoms with Crippen LogP contribution in [-0.4, -0.2) is 17.8 Å². The highest BCUT2D eigenvalue weighted by Crippen LogP contribution is 2.24. The second kappa shape index (κ2) is 6.50. The van der Waals surface area contributed by atoms with E-state index >= 15 is 0 Å². The summed E-state index contributed by atoms with van der Waals surface area (Å²) in [6.07, 6.45) is 3.88. The Hall–Kier alpha value is -0.640. The van der Waals surface area contributed by atoms with E-state index in [1.54, 1.807) is 6.07 Å². The molecular formula is C14H19ClFNO. The van der Waals surface area contributed by atoms with Crippen molar-refractivity contribution in [3.05, 3.63) is 34.6 Å². The summed E-state index contributed by atoms with van der Waals surface area (Å²) >= 11 is 5.88. The first-order valence-corrected chi connectivity index (χ1v) is 6.86. The van der Waals surface area contributed by atoms with E-state index in [1.165, 1.54) is 6.07 Å². The van der Waals surface area contributed by atoms with Crippen molar-refractivity contribution in [2.75, 3.05) is 6.54 Å². The van der Waals surface area contributed by atoms with Gasteiger partial charge in [0.25, 0.3) is 0 Å². The molecule has 2 rings (SSSR count). The van der Waals surface area contributed by atoms with Crippen LogP contribution in [0.25, 0.3) is 0 Å². The van der Waals surface area contributed by atoms with E-state index in [9.17, 15) is 9.50 Å². The van der Waals surface area contributed by atoms with Crippen molar-refractivity contribution in [3.63, 3.8) is 0 Å². The van der Waals surface area contributed by atoms with Crippen molar-refractivity contribution in [3.8, 4) is 0 Å². The lowest BCUT2D eigenvalue weighted by atomic mass is 9.87. The summed E-state index contributed by atoms with van der Waals surface area (Å²) in [7, 11) is 0. The highest BCUT2D eigenvalue weighted by atomic mass is 35.5. The van der Waals surface area contributed by atoms with E-state index < -0.39 is 0 Å². The molecule has 1 fully saturated rings. The fourth-order valence-electron chi connectivity index (χ4n) is 2.54. The van der Waals surface area contributed by atoms with Gasteiger partial charge in [-0.2, -0.15) is 0 Å². The molecule has 2 nitrogen and oxygen atoms in total. The SMILES string of the molecule is OC1CCCC(CNCc2cccc(F)c2Cl)C1. The van der Waals surface area contributed by atoms with Crippen molar-refractivity contribution in [1.29, 1.82) is 0 Å². The van der Waals surface area contributed by atoms with E-state index in [0.29, 0.717) is 12.5 Å². The summed E-state index contributed by atoms with van der Waals surface area (Å²) < 4.78 is 13.2. The predicted molar refractivity (Wildman–Crippen MR) is 71.1 cm³/mol. The molecule has 1 aromatic carbocycles. The van der Waals surface area contributed by atoms with Crippen molar-refractivity contribution in [2.24, 2.45) is 5.92 Å². The van der Waals surface area contributed by atoms with Gasteiger partial charge in [-0.15, -0.1) is 0 Å². The molecule has 0 amide bonds. The molecule has 0 aliphatic heterocycles. The summed E-state index contributed by atoms with van der Waals surface area (Å²) in [6, 6.07) is 4.86. The highest BCUT2D eigenvalue weighted by molar-refractivity contribution is 6.31. The minimum atomic E-state index is -0.371. The van der Waals surface area contributed by atoms with Crippen molar-refractivity contribution in [2.45, 2.75) is 38.3 Å². The maximum Gasteiger partial charge on any atom is 0.142 e. The van der Waals surface area contributed by atoms with Gasteiger partial charge in [-0.25, -0.2) is 4.39 Å². The molecule has 18 heavy (non-hydrogen) atoms. The normalized spacial score (nSPS) is 24.2. The second-order valence-corrected chi connectivity index (χ2v) is 5.41. The van der Waals surface area contributed by atoms with Crippen LogP contribution in [0.4, 0.5) is 4.39 Å². The molecule has 0 saturated heterocycles. The fourth-order valence-corrected chi connectivity index (χ4v) is 2.74. The zero-order chi connectivity index (χ0) is 13.0. The molecule has 0 heterocycles. The van der Waals surface area contributed by atoms with Gasteiger partial charge < -0.3 is 10.4 Å². The predicted octanol–water partition coefficient (Wildman–Crippen LogP) is 3.12. The third-order valence-corrected chi connectivity index (χ3v) is 3.96. The fraction of sp³-hybridized carbons (Fsp3) is 0.571. The molecule has 0 bridgehead atoms. The maximum atomic E-state index is 13.2. The second-order valence-electron chi connectivity index (χ2n) is 5.03. The lowest BCUT2D eigenvalue weighted by Crippen LogP contribution is -2.29. The van der Waals surface area contributed by atoms with Gasteiger partial charge in [0.2, 0.25) is 0 Å². The van der Waals surface area contributed by atoms with E-state index in [0.717, 1.165) is 37.8 Å². The summed E-state index contributed by atoms with van der Waals surface area (Å²) in [5.41, 5.74) is 0.785. The Kier molecular flexibility index (Phi) is 4.98. The molecule has 1 aromatic rings.